The maximum atomic E-state index is 14.1. The zero-order valence-electron chi connectivity index (χ0n) is 23.1. The van der Waals surface area contributed by atoms with Gasteiger partial charge in [-0.05, 0) is 66.8 Å². The van der Waals surface area contributed by atoms with E-state index in [1.807, 2.05) is 20.8 Å². The number of nitrogens with one attached hydrogen (secondary N) is 1. The Morgan fingerprint density at radius 2 is 1.55 bits per heavy atom. The van der Waals surface area contributed by atoms with E-state index >= 15 is 0 Å². The lowest BCUT2D eigenvalue weighted by Gasteiger charge is -2.34. The van der Waals surface area contributed by atoms with Gasteiger partial charge in [0.2, 0.25) is 11.8 Å². The highest BCUT2D eigenvalue weighted by atomic mass is 35.5. The van der Waals surface area contributed by atoms with Crippen LogP contribution in [-0.4, -0.2) is 44.3 Å². The summed E-state index contributed by atoms with van der Waals surface area (Å²) in [7, 11) is -4.18. The summed E-state index contributed by atoms with van der Waals surface area (Å²) in [4.78, 5) is 28.8. The molecular formula is C30H35Cl2N3O4S. The van der Waals surface area contributed by atoms with Crippen LogP contribution in [0.5, 0.6) is 0 Å². The van der Waals surface area contributed by atoms with E-state index in [1.165, 1.54) is 29.2 Å². The minimum atomic E-state index is -4.18. The average Bonchev–Trinajstić information content (AvgIpc) is 2.92. The Balaban J connectivity index is 2.07. The van der Waals surface area contributed by atoms with Crippen LogP contribution in [0.15, 0.2) is 77.7 Å². The van der Waals surface area contributed by atoms with Crippen LogP contribution in [-0.2, 0) is 26.2 Å². The molecule has 0 aromatic heterocycles. The number of halogens is 2. The van der Waals surface area contributed by atoms with Crippen LogP contribution in [0.25, 0.3) is 0 Å². The molecule has 3 aromatic carbocycles. The van der Waals surface area contributed by atoms with Crippen molar-refractivity contribution in [1.29, 1.82) is 0 Å². The summed E-state index contributed by atoms with van der Waals surface area (Å²) >= 11 is 12.4. The van der Waals surface area contributed by atoms with Gasteiger partial charge in [0.1, 0.15) is 12.6 Å². The molecule has 0 heterocycles. The number of sulfonamides is 1. The van der Waals surface area contributed by atoms with Crippen LogP contribution < -0.4 is 9.62 Å². The topological polar surface area (TPSA) is 86.8 Å². The number of carbonyl (C=O) groups is 2. The summed E-state index contributed by atoms with van der Waals surface area (Å²) in [5, 5.41) is 3.75. The van der Waals surface area contributed by atoms with Crippen LogP contribution in [0.3, 0.4) is 0 Å². The molecule has 0 saturated heterocycles. The van der Waals surface area contributed by atoms with Gasteiger partial charge in [0, 0.05) is 23.1 Å². The van der Waals surface area contributed by atoms with Crippen molar-refractivity contribution < 1.29 is 18.0 Å². The molecule has 0 aliphatic carbocycles. The monoisotopic (exact) mass is 603 g/mol. The molecule has 0 unspecified atom stereocenters. The third-order valence-electron chi connectivity index (χ3n) is 6.43. The van der Waals surface area contributed by atoms with Crippen LogP contribution in [0.4, 0.5) is 5.69 Å². The summed E-state index contributed by atoms with van der Waals surface area (Å²) in [6.45, 7) is 7.52. The molecule has 7 nitrogen and oxygen atoms in total. The van der Waals surface area contributed by atoms with Crippen LogP contribution in [0.2, 0.25) is 10.0 Å². The largest absolute Gasteiger partial charge is 0.354 e. The minimum absolute atomic E-state index is 0.00711. The van der Waals surface area contributed by atoms with Crippen LogP contribution >= 0.6 is 23.2 Å². The molecule has 0 bridgehead atoms. The van der Waals surface area contributed by atoms with E-state index in [2.05, 4.69) is 5.32 Å². The highest BCUT2D eigenvalue weighted by molar-refractivity contribution is 7.92. The maximum absolute atomic E-state index is 14.1. The van der Waals surface area contributed by atoms with Gasteiger partial charge >= 0.3 is 0 Å². The van der Waals surface area contributed by atoms with E-state index in [9.17, 15) is 18.0 Å². The number of anilines is 1. The van der Waals surface area contributed by atoms with Crippen LogP contribution in [0, 0.1) is 12.8 Å². The fourth-order valence-corrected chi connectivity index (χ4v) is 6.04. The molecule has 0 aliphatic rings. The second kappa shape index (κ2) is 14.0. The van der Waals surface area contributed by atoms with Gasteiger partial charge in [-0.3, -0.25) is 13.9 Å². The predicted molar refractivity (Wildman–Crippen MR) is 161 cm³/mol. The molecule has 214 valence electrons. The number of carbonyl (C=O) groups excluding carboxylic acids is 2. The first-order valence-corrected chi connectivity index (χ1v) is 15.3. The highest BCUT2D eigenvalue weighted by Crippen LogP contribution is 2.28. The van der Waals surface area contributed by atoms with Gasteiger partial charge < -0.3 is 10.2 Å². The summed E-state index contributed by atoms with van der Waals surface area (Å²) in [5.74, 6) is -0.623. The maximum Gasteiger partial charge on any atom is 0.264 e. The molecule has 3 rings (SSSR count). The number of nitrogens with zero attached hydrogens (tertiary/aromatic N) is 2. The molecule has 1 N–H and O–H groups in total. The third-order valence-corrected chi connectivity index (χ3v) is 8.83. The number of rotatable bonds is 12. The second-order valence-corrected chi connectivity index (χ2v) is 12.6. The first kappa shape index (κ1) is 31.5. The van der Waals surface area contributed by atoms with Crippen molar-refractivity contribution in [3.8, 4) is 0 Å². The van der Waals surface area contributed by atoms with Gasteiger partial charge in [0.15, 0.2) is 0 Å². The SMILES string of the molecule is CC[C@H](C(=O)NCC(C)C)N(Cc1ccccc1Cl)C(=O)CN(c1ccccc1C)S(=O)(=O)c1ccc(Cl)cc1. The number of benzene rings is 3. The minimum Gasteiger partial charge on any atom is -0.354 e. The van der Waals surface area contributed by atoms with E-state index in [4.69, 9.17) is 23.2 Å². The Kier molecular flexibility index (Phi) is 11.0. The lowest BCUT2D eigenvalue weighted by molar-refractivity contribution is -0.140. The standard InChI is InChI=1S/C30H35Cl2N3O4S/c1-5-27(30(37)33-18-21(2)3)34(19-23-11-7-8-12-26(23)32)29(36)20-35(28-13-9-6-10-22(28)4)40(38,39)25-16-14-24(31)15-17-25/h6-17,21,27H,5,18-20H2,1-4H3,(H,33,37)/t27-/m1/s1. The van der Waals surface area contributed by atoms with Gasteiger partial charge in [-0.25, -0.2) is 8.42 Å². The molecule has 0 radical (unpaired) electrons. The van der Waals surface area contributed by atoms with Crippen LogP contribution in [0.1, 0.15) is 38.3 Å². The molecule has 0 saturated carbocycles. The summed E-state index contributed by atoms with van der Waals surface area (Å²) in [6.07, 6.45) is 0.328. The Morgan fingerprint density at radius 3 is 2.15 bits per heavy atom. The zero-order chi connectivity index (χ0) is 29.4. The quantitative estimate of drug-likeness (QED) is 0.272. The van der Waals surface area contributed by atoms with E-state index in [0.717, 1.165) is 4.31 Å². The second-order valence-electron chi connectivity index (χ2n) is 9.93. The molecule has 0 spiro atoms. The van der Waals surface area contributed by atoms with E-state index in [-0.39, 0.29) is 23.3 Å². The van der Waals surface area contributed by atoms with E-state index in [0.29, 0.717) is 39.8 Å². The molecule has 3 aromatic rings. The van der Waals surface area contributed by atoms with Crippen molar-refractivity contribution in [2.45, 2.75) is 51.6 Å². The third kappa shape index (κ3) is 7.77. The number of hydrogen-bond acceptors (Lipinski definition) is 4. The summed E-state index contributed by atoms with van der Waals surface area (Å²) in [5.41, 5.74) is 1.68. The fourth-order valence-electron chi connectivity index (χ4n) is 4.24. The lowest BCUT2D eigenvalue weighted by Crippen LogP contribution is -2.52. The number of para-hydroxylation sites is 1. The summed E-state index contributed by atoms with van der Waals surface area (Å²) < 4.78 is 28.9. The fraction of sp³-hybridized carbons (Fsp3) is 0.333. The molecule has 2 amide bonds. The molecular weight excluding hydrogens is 569 g/mol. The average molecular weight is 605 g/mol. The van der Waals surface area contributed by atoms with E-state index in [1.54, 1.807) is 55.5 Å². The molecule has 0 aliphatic heterocycles. The van der Waals surface area contributed by atoms with Crippen molar-refractivity contribution in [3.63, 3.8) is 0 Å². The smallest absolute Gasteiger partial charge is 0.264 e. The van der Waals surface area contributed by atoms with Crippen molar-refractivity contribution in [3.05, 3.63) is 94.0 Å². The number of aryl methyl sites for hydroxylation is 1. The Hall–Kier alpha value is -3.07. The predicted octanol–water partition coefficient (Wildman–Crippen LogP) is 6.08. The number of hydrogen-bond donors (Lipinski definition) is 1. The number of amides is 2. The van der Waals surface area contributed by atoms with E-state index < -0.39 is 28.5 Å². The van der Waals surface area contributed by atoms with Gasteiger partial charge in [0.25, 0.3) is 10.0 Å². The first-order valence-electron chi connectivity index (χ1n) is 13.1. The molecule has 1 atom stereocenters. The zero-order valence-corrected chi connectivity index (χ0v) is 25.4. The molecule has 40 heavy (non-hydrogen) atoms. The summed E-state index contributed by atoms with van der Waals surface area (Å²) in [6, 6.07) is 19.0. The normalized spacial score (nSPS) is 12.2. The van der Waals surface area contributed by atoms with Crippen molar-refractivity contribution >= 4 is 50.7 Å². The highest BCUT2D eigenvalue weighted by Gasteiger charge is 2.34. The van der Waals surface area contributed by atoms with Gasteiger partial charge in [0.05, 0.1) is 10.6 Å². The van der Waals surface area contributed by atoms with Crippen molar-refractivity contribution in [2.24, 2.45) is 5.92 Å². The van der Waals surface area contributed by atoms with Gasteiger partial charge in [-0.1, -0.05) is 80.4 Å². The van der Waals surface area contributed by atoms with Crippen molar-refractivity contribution in [2.75, 3.05) is 17.4 Å². The van der Waals surface area contributed by atoms with Gasteiger partial charge in [-0.15, -0.1) is 0 Å². The molecule has 0 fully saturated rings. The Morgan fingerprint density at radius 1 is 0.925 bits per heavy atom. The first-order chi connectivity index (χ1) is 18.9. The van der Waals surface area contributed by atoms with Gasteiger partial charge in [-0.2, -0.15) is 0 Å². The van der Waals surface area contributed by atoms with Crippen molar-refractivity contribution in [1.82, 2.24) is 10.2 Å². The Labute approximate surface area is 247 Å². The Bertz CT molecular complexity index is 1430. The lowest BCUT2D eigenvalue weighted by atomic mass is 10.1. The molecule has 10 heteroatoms.